The second-order valence-electron chi connectivity index (χ2n) is 5.35. The van der Waals surface area contributed by atoms with Gasteiger partial charge >= 0.3 is 5.97 Å². The van der Waals surface area contributed by atoms with Gasteiger partial charge in [-0.1, -0.05) is 20.8 Å². The fraction of sp³-hybridized carbons (Fsp3) is 0.909. The SMILES string of the molecule is CC(C)(C)C(O[C@H]1CCC[C@@H]1N)C(=O)O. The highest BCUT2D eigenvalue weighted by Gasteiger charge is 2.37. The molecule has 88 valence electrons. The smallest absolute Gasteiger partial charge is 0.333 e. The molecule has 1 aliphatic rings. The molecular weight excluding hydrogens is 194 g/mol. The molecule has 0 radical (unpaired) electrons. The third kappa shape index (κ3) is 3.18. The zero-order valence-corrected chi connectivity index (χ0v) is 9.69. The summed E-state index contributed by atoms with van der Waals surface area (Å²) in [6, 6.07) is -0.00537. The molecule has 0 aromatic carbocycles. The summed E-state index contributed by atoms with van der Waals surface area (Å²) < 4.78 is 5.62. The molecule has 1 rings (SSSR count). The maximum Gasteiger partial charge on any atom is 0.333 e. The number of hydrogen-bond acceptors (Lipinski definition) is 3. The maximum absolute atomic E-state index is 11.1. The zero-order valence-electron chi connectivity index (χ0n) is 9.69. The molecule has 0 bridgehead atoms. The van der Waals surface area contributed by atoms with Gasteiger partial charge in [-0.25, -0.2) is 4.79 Å². The van der Waals surface area contributed by atoms with Crippen LogP contribution in [0.1, 0.15) is 40.0 Å². The predicted octanol–water partition coefficient (Wildman–Crippen LogP) is 1.38. The van der Waals surface area contributed by atoms with E-state index in [0.717, 1.165) is 19.3 Å². The summed E-state index contributed by atoms with van der Waals surface area (Å²) in [7, 11) is 0. The van der Waals surface area contributed by atoms with Gasteiger partial charge in [0.2, 0.25) is 0 Å². The fourth-order valence-corrected chi connectivity index (χ4v) is 1.93. The van der Waals surface area contributed by atoms with Gasteiger partial charge in [-0.3, -0.25) is 0 Å². The second-order valence-corrected chi connectivity index (χ2v) is 5.35. The van der Waals surface area contributed by atoms with E-state index < -0.39 is 17.5 Å². The molecule has 3 atom stereocenters. The Labute approximate surface area is 90.8 Å². The summed E-state index contributed by atoms with van der Waals surface area (Å²) in [4.78, 5) is 11.1. The lowest BCUT2D eigenvalue weighted by atomic mass is 9.89. The molecule has 0 aliphatic heterocycles. The van der Waals surface area contributed by atoms with Gasteiger partial charge in [0.25, 0.3) is 0 Å². The van der Waals surface area contributed by atoms with E-state index in [4.69, 9.17) is 15.6 Å². The van der Waals surface area contributed by atoms with Gasteiger partial charge in [-0.2, -0.15) is 0 Å². The topological polar surface area (TPSA) is 72.5 Å². The van der Waals surface area contributed by atoms with Crippen molar-refractivity contribution in [3.63, 3.8) is 0 Å². The van der Waals surface area contributed by atoms with Crippen molar-refractivity contribution in [3.8, 4) is 0 Å². The van der Waals surface area contributed by atoms with Crippen molar-refractivity contribution < 1.29 is 14.6 Å². The highest BCUT2D eigenvalue weighted by atomic mass is 16.5. The third-order valence-corrected chi connectivity index (χ3v) is 2.83. The fourth-order valence-electron chi connectivity index (χ4n) is 1.93. The molecule has 3 N–H and O–H groups in total. The standard InChI is InChI=1S/C11H21NO3/c1-11(2,3)9(10(13)14)15-8-6-4-5-7(8)12/h7-9H,4-6,12H2,1-3H3,(H,13,14)/t7-,8-,9?/m0/s1. The number of carboxylic acids is 1. The number of ether oxygens (including phenoxy) is 1. The molecule has 1 unspecified atom stereocenters. The van der Waals surface area contributed by atoms with E-state index in [1.807, 2.05) is 20.8 Å². The van der Waals surface area contributed by atoms with Crippen LogP contribution in [0.25, 0.3) is 0 Å². The van der Waals surface area contributed by atoms with E-state index in [0.29, 0.717) is 0 Å². The lowest BCUT2D eigenvalue weighted by molar-refractivity contribution is -0.164. The number of aliphatic carboxylic acids is 1. The van der Waals surface area contributed by atoms with Gasteiger partial charge in [0.05, 0.1) is 6.10 Å². The Balaban J connectivity index is 2.63. The van der Waals surface area contributed by atoms with Gasteiger partial charge in [0, 0.05) is 6.04 Å². The van der Waals surface area contributed by atoms with Gasteiger partial charge < -0.3 is 15.6 Å². The first-order valence-corrected chi connectivity index (χ1v) is 5.46. The summed E-state index contributed by atoms with van der Waals surface area (Å²) in [6.07, 6.45) is 1.97. The van der Waals surface area contributed by atoms with Crippen LogP contribution in [0.2, 0.25) is 0 Å². The van der Waals surface area contributed by atoms with Crippen LogP contribution in [0.4, 0.5) is 0 Å². The normalized spacial score (nSPS) is 29.1. The molecule has 15 heavy (non-hydrogen) atoms. The lowest BCUT2D eigenvalue weighted by Gasteiger charge is -2.30. The molecule has 1 fully saturated rings. The molecule has 1 aliphatic carbocycles. The van der Waals surface area contributed by atoms with Gasteiger partial charge in [-0.15, -0.1) is 0 Å². The van der Waals surface area contributed by atoms with E-state index in [1.54, 1.807) is 0 Å². The van der Waals surface area contributed by atoms with E-state index >= 15 is 0 Å². The van der Waals surface area contributed by atoms with Crippen LogP contribution in [0.3, 0.4) is 0 Å². The Morgan fingerprint density at radius 3 is 2.40 bits per heavy atom. The van der Waals surface area contributed by atoms with E-state index in [-0.39, 0.29) is 12.1 Å². The molecule has 0 amide bonds. The molecular formula is C11H21NO3. The van der Waals surface area contributed by atoms with Crippen molar-refractivity contribution in [2.75, 3.05) is 0 Å². The minimum atomic E-state index is -0.901. The Morgan fingerprint density at radius 2 is 2.07 bits per heavy atom. The summed E-state index contributed by atoms with van der Waals surface area (Å²) in [5.74, 6) is -0.901. The quantitative estimate of drug-likeness (QED) is 0.746. The van der Waals surface area contributed by atoms with Crippen LogP contribution in [0.5, 0.6) is 0 Å². The molecule has 4 heteroatoms. The van der Waals surface area contributed by atoms with Crippen LogP contribution in [0, 0.1) is 5.41 Å². The molecule has 0 saturated heterocycles. The van der Waals surface area contributed by atoms with Crippen molar-refractivity contribution in [1.82, 2.24) is 0 Å². The summed E-state index contributed by atoms with van der Waals surface area (Å²) in [5, 5.41) is 9.09. The number of carboxylic acid groups (broad SMARTS) is 1. The third-order valence-electron chi connectivity index (χ3n) is 2.83. The molecule has 4 nitrogen and oxygen atoms in total. The molecule has 0 aromatic heterocycles. The van der Waals surface area contributed by atoms with E-state index in [1.165, 1.54) is 0 Å². The van der Waals surface area contributed by atoms with Crippen LogP contribution in [-0.4, -0.2) is 29.3 Å². The first-order chi connectivity index (χ1) is 6.82. The number of carbonyl (C=O) groups is 1. The van der Waals surface area contributed by atoms with Gasteiger partial charge in [0.1, 0.15) is 0 Å². The zero-order chi connectivity index (χ0) is 11.6. The molecule has 0 aromatic rings. The first-order valence-electron chi connectivity index (χ1n) is 5.46. The lowest BCUT2D eigenvalue weighted by Crippen LogP contribution is -2.43. The maximum atomic E-state index is 11.1. The molecule has 1 saturated carbocycles. The minimum absolute atomic E-state index is 0.00537. The van der Waals surface area contributed by atoms with Crippen LogP contribution in [0.15, 0.2) is 0 Å². The van der Waals surface area contributed by atoms with Crippen molar-refractivity contribution in [2.45, 2.75) is 58.3 Å². The van der Waals surface area contributed by atoms with Crippen LogP contribution < -0.4 is 5.73 Å². The number of hydrogen-bond donors (Lipinski definition) is 2. The Bertz CT molecular complexity index is 234. The van der Waals surface area contributed by atoms with Crippen molar-refractivity contribution in [3.05, 3.63) is 0 Å². The number of rotatable bonds is 3. The van der Waals surface area contributed by atoms with Gasteiger partial charge in [0.15, 0.2) is 6.10 Å². The van der Waals surface area contributed by atoms with Crippen molar-refractivity contribution in [1.29, 1.82) is 0 Å². The van der Waals surface area contributed by atoms with Gasteiger partial charge in [-0.05, 0) is 24.7 Å². The molecule has 0 heterocycles. The predicted molar refractivity (Wildman–Crippen MR) is 57.6 cm³/mol. The molecule has 0 spiro atoms. The second kappa shape index (κ2) is 4.49. The van der Waals surface area contributed by atoms with E-state index in [9.17, 15) is 4.79 Å². The first kappa shape index (κ1) is 12.5. The highest BCUT2D eigenvalue weighted by Crippen LogP contribution is 2.28. The largest absolute Gasteiger partial charge is 0.479 e. The monoisotopic (exact) mass is 215 g/mol. The Morgan fingerprint density at radius 1 is 1.47 bits per heavy atom. The van der Waals surface area contributed by atoms with Crippen molar-refractivity contribution in [2.24, 2.45) is 11.1 Å². The Kier molecular flexibility index (Phi) is 3.73. The minimum Gasteiger partial charge on any atom is -0.479 e. The van der Waals surface area contributed by atoms with Crippen LogP contribution in [-0.2, 0) is 9.53 Å². The average molecular weight is 215 g/mol. The average Bonchev–Trinajstić information content (AvgIpc) is 2.44. The highest BCUT2D eigenvalue weighted by molar-refractivity contribution is 5.73. The van der Waals surface area contributed by atoms with Crippen LogP contribution >= 0.6 is 0 Å². The summed E-state index contributed by atoms with van der Waals surface area (Å²) in [6.45, 7) is 5.60. The Hall–Kier alpha value is -0.610. The summed E-state index contributed by atoms with van der Waals surface area (Å²) >= 11 is 0. The number of nitrogens with two attached hydrogens (primary N) is 1. The summed E-state index contributed by atoms with van der Waals surface area (Å²) in [5.41, 5.74) is 5.46. The van der Waals surface area contributed by atoms with E-state index in [2.05, 4.69) is 0 Å². The van der Waals surface area contributed by atoms with Crippen molar-refractivity contribution >= 4 is 5.97 Å².